The molecule has 1 heterocycles. The minimum absolute atomic E-state index is 0.0338. The van der Waals surface area contributed by atoms with Crippen molar-refractivity contribution in [3.05, 3.63) is 57.7 Å². The van der Waals surface area contributed by atoms with Crippen LogP contribution in [0.25, 0.3) is 0 Å². The summed E-state index contributed by atoms with van der Waals surface area (Å²) in [7, 11) is 0. The fraction of sp³-hybridized carbons (Fsp3) is 0.462. The lowest BCUT2D eigenvalue weighted by Gasteiger charge is -2.25. The van der Waals surface area contributed by atoms with Crippen molar-refractivity contribution in [1.29, 1.82) is 0 Å². The standard InChI is InChI=1S/C26H32O5/c1-15(2)8-7-9-17(5)11-13-25-23(29)19-14-20(27)18(6)22(28)21(19)24(30)26(25,31-25)12-10-16(3)4/h8,10-11,14,27-28H,7,9,12-13H2,1-6H3/b17-11+. The quantitative estimate of drug-likeness (QED) is 0.431. The Balaban J connectivity index is 2.03. The second kappa shape index (κ2) is 8.12. The molecule has 5 nitrogen and oxygen atoms in total. The first-order valence-corrected chi connectivity index (χ1v) is 10.7. The molecule has 2 aliphatic rings. The lowest BCUT2D eigenvalue weighted by Crippen LogP contribution is -2.45. The molecule has 2 unspecified atom stereocenters. The van der Waals surface area contributed by atoms with Crippen LogP contribution in [0.15, 0.2) is 41.0 Å². The summed E-state index contributed by atoms with van der Waals surface area (Å²) in [5.41, 5.74) is 0.966. The van der Waals surface area contributed by atoms with Gasteiger partial charge in [0, 0.05) is 24.0 Å². The smallest absolute Gasteiger partial charge is 0.202 e. The average Bonchev–Trinajstić information content (AvgIpc) is 3.38. The summed E-state index contributed by atoms with van der Waals surface area (Å²) in [5, 5.41) is 20.7. The van der Waals surface area contributed by atoms with E-state index in [4.69, 9.17) is 4.74 Å². The molecule has 31 heavy (non-hydrogen) atoms. The summed E-state index contributed by atoms with van der Waals surface area (Å²) in [6.45, 7) is 11.5. The minimum Gasteiger partial charge on any atom is -0.508 e. The number of epoxide rings is 1. The van der Waals surface area contributed by atoms with Crippen LogP contribution in [-0.2, 0) is 4.74 Å². The number of rotatable bonds is 7. The third-order valence-electron chi connectivity index (χ3n) is 6.32. The van der Waals surface area contributed by atoms with E-state index in [2.05, 4.69) is 19.9 Å². The van der Waals surface area contributed by atoms with E-state index in [9.17, 15) is 19.8 Å². The maximum Gasteiger partial charge on any atom is 0.202 e. The zero-order chi connectivity index (χ0) is 23.1. The van der Waals surface area contributed by atoms with Crippen molar-refractivity contribution in [3.8, 4) is 11.5 Å². The second-order valence-corrected chi connectivity index (χ2v) is 9.27. The van der Waals surface area contributed by atoms with Gasteiger partial charge in [-0.1, -0.05) is 34.9 Å². The maximum absolute atomic E-state index is 13.5. The zero-order valence-electron chi connectivity index (χ0n) is 19.3. The van der Waals surface area contributed by atoms with E-state index in [1.807, 2.05) is 32.9 Å². The molecule has 0 amide bonds. The van der Waals surface area contributed by atoms with E-state index in [0.29, 0.717) is 0 Å². The average molecular weight is 425 g/mol. The van der Waals surface area contributed by atoms with Crippen LogP contribution in [0.2, 0.25) is 0 Å². The number of ether oxygens (including phenoxy) is 1. The lowest BCUT2D eigenvalue weighted by molar-refractivity contribution is 0.0837. The molecule has 1 aliphatic carbocycles. The number of hydrogen-bond donors (Lipinski definition) is 2. The highest BCUT2D eigenvalue weighted by molar-refractivity contribution is 6.26. The number of allylic oxidation sites excluding steroid dienone is 4. The SMILES string of the molecule is CC(C)=CCC/C(C)=C/CC12OC1(CC=C(C)C)C(=O)c1c(cc(O)c(C)c1O)C2=O. The van der Waals surface area contributed by atoms with Gasteiger partial charge in [-0.05, 0) is 60.5 Å². The second-order valence-electron chi connectivity index (χ2n) is 9.27. The van der Waals surface area contributed by atoms with Crippen LogP contribution in [0, 0.1) is 6.92 Å². The summed E-state index contributed by atoms with van der Waals surface area (Å²) in [5.74, 6) is -1.31. The van der Waals surface area contributed by atoms with Crippen molar-refractivity contribution >= 4 is 11.6 Å². The third kappa shape index (κ3) is 3.76. The monoisotopic (exact) mass is 424 g/mol. The van der Waals surface area contributed by atoms with Gasteiger partial charge in [0.25, 0.3) is 0 Å². The Morgan fingerprint density at radius 1 is 0.935 bits per heavy atom. The number of carbonyl (C=O) groups is 2. The van der Waals surface area contributed by atoms with E-state index < -0.39 is 17.0 Å². The van der Waals surface area contributed by atoms with Gasteiger partial charge in [-0.15, -0.1) is 0 Å². The van der Waals surface area contributed by atoms with E-state index in [1.165, 1.54) is 18.6 Å². The molecule has 1 aliphatic heterocycles. The van der Waals surface area contributed by atoms with Gasteiger partial charge in [-0.25, -0.2) is 0 Å². The number of ketones is 2. The Morgan fingerprint density at radius 3 is 2.13 bits per heavy atom. The predicted molar refractivity (Wildman–Crippen MR) is 121 cm³/mol. The van der Waals surface area contributed by atoms with Crippen molar-refractivity contribution in [2.24, 2.45) is 0 Å². The number of hydrogen-bond acceptors (Lipinski definition) is 5. The topological polar surface area (TPSA) is 87.1 Å². The molecule has 0 spiro atoms. The zero-order valence-corrected chi connectivity index (χ0v) is 19.3. The molecule has 1 fully saturated rings. The van der Waals surface area contributed by atoms with Crippen molar-refractivity contribution in [2.75, 3.05) is 0 Å². The van der Waals surface area contributed by atoms with E-state index in [-0.39, 0.29) is 46.8 Å². The third-order valence-corrected chi connectivity index (χ3v) is 6.32. The number of Topliss-reactive ketones (excluding diaryl/α,β-unsaturated/α-hetero) is 2. The molecule has 5 heteroatoms. The number of fused-ring (bicyclic) bond motifs is 2. The van der Waals surface area contributed by atoms with E-state index in [0.717, 1.165) is 24.0 Å². The summed E-state index contributed by atoms with van der Waals surface area (Å²) < 4.78 is 6.05. The molecule has 1 aromatic rings. The number of carbonyl (C=O) groups excluding carboxylic acids is 2. The van der Waals surface area contributed by atoms with Gasteiger partial charge in [0.1, 0.15) is 11.5 Å². The van der Waals surface area contributed by atoms with Crippen LogP contribution >= 0.6 is 0 Å². The highest BCUT2D eigenvalue weighted by Crippen LogP contribution is 2.61. The number of phenols is 2. The highest BCUT2D eigenvalue weighted by atomic mass is 16.6. The summed E-state index contributed by atoms with van der Waals surface area (Å²) >= 11 is 0. The Hall–Kier alpha value is -2.66. The van der Waals surface area contributed by atoms with Crippen molar-refractivity contribution < 1.29 is 24.5 Å². The number of benzene rings is 1. The van der Waals surface area contributed by atoms with Gasteiger partial charge in [0.15, 0.2) is 17.0 Å². The molecule has 2 atom stereocenters. The molecule has 1 saturated heterocycles. The summed E-state index contributed by atoms with van der Waals surface area (Å²) in [4.78, 5) is 27.1. The molecule has 2 N–H and O–H groups in total. The normalized spacial score (nSPS) is 24.4. The van der Waals surface area contributed by atoms with Crippen molar-refractivity contribution in [2.45, 2.75) is 78.4 Å². The Morgan fingerprint density at radius 2 is 1.52 bits per heavy atom. The number of phenolic OH excluding ortho intramolecular Hbond substituents is 2. The van der Waals surface area contributed by atoms with Crippen LogP contribution in [0.3, 0.4) is 0 Å². The first-order valence-electron chi connectivity index (χ1n) is 10.7. The summed E-state index contributed by atoms with van der Waals surface area (Å²) in [6, 6.07) is 1.28. The summed E-state index contributed by atoms with van der Waals surface area (Å²) in [6.07, 6.45) is 8.37. The van der Waals surface area contributed by atoms with Gasteiger partial charge < -0.3 is 14.9 Å². The first kappa shape index (κ1) is 23.0. The highest BCUT2D eigenvalue weighted by Gasteiger charge is 2.79. The van der Waals surface area contributed by atoms with Gasteiger partial charge in [0.2, 0.25) is 5.78 Å². The van der Waals surface area contributed by atoms with Crippen LogP contribution in [-0.4, -0.2) is 33.0 Å². The van der Waals surface area contributed by atoms with Crippen LogP contribution in [0.4, 0.5) is 0 Å². The molecule has 166 valence electrons. The van der Waals surface area contributed by atoms with Crippen molar-refractivity contribution in [3.63, 3.8) is 0 Å². The maximum atomic E-state index is 13.5. The molecule has 0 saturated carbocycles. The molecule has 0 aromatic heterocycles. The van der Waals surface area contributed by atoms with Crippen LogP contribution in [0.1, 0.15) is 86.6 Å². The largest absolute Gasteiger partial charge is 0.508 e. The first-order chi connectivity index (χ1) is 14.5. The van der Waals surface area contributed by atoms with Crippen LogP contribution < -0.4 is 0 Å². The number of aromatic hydroxyl groups is 2. The molecule has 0 radical (unpaired) electrons. The molecule has 3 rings (SSSR count). The lowest BCUT2D eigenvalue weighted by atomic mass is 9.70. The van der Waals surface area contributed by atoms with E-state index >= 15 is 0 Å². The van der Waals surface area contributed by atoms with Crippen molar-refractivity contribution in [1.82, 2.24) is 0 Å². The van der Waals surface area contributed by atoms with Gasteiger partial charge in [0.05, 0.1) is 5.56 Å². The Kier molecular flexibility index (Phi) is 6.03. The van der Waals surface area contributed by atoms with E-state index in [1.54, 1.807) is 0 Å². The molecule has 1 aromatic carbocycles. The Bertz CT molecular complexity index is 1030. The fourth-order valence-electron chi connectivity index (χ4n) is 4.27. The fourth-order valence-corrected chi connectivity index (χ4v) is 4.27. The Labute approximate surface area is 184 Å². The molecular weight excluding hydrogens is 392 g/mol. The van der Waals surface area contributed by atoms with Gasteiger partial charge in [-0.2, -0.15) is 0 Å². The molecular formula is C26H32O5. The van der Waals surface area contributed by atoms with Gasteiger partial charge in [-0.3, -0.25) is 9.59 Å². The predicted octanol–water partition coefficient (Wildman–Crippen LogP) is 5.73. The van der Waals surface area contributed by atoms with Crippen LogP contribution in [0.5, 0.6) is 11.5 Å². The minimum atomic E-state index is -1.31. The van der Waals surface area contributed by atoms with Gasteiger partial charge >= 0.3 is 0 Å². The molecule has 0 bridgehead atoms.